The first-order valence-corrected chi connectivity index (χ1v) is 7.32. The van der Waals surface area contributed by atoms with Crippen LogP contribution in [0.5, 0.6) is 0 Å². The van der Waals surface area contributed by atoms with Crippen LogP contribution in [0, 0.1) is 5.92 Å². The van der Waals surface area contributed by atoms with Gasteiger partial charge >= 0.3 is 5.97 Å². The number of benzene rings is 1. The van der Waals surface area contributed by atoms with E-state index in [1.807, 2.05) is 19.3 Å². The fraction of sp³-hybridized carbons (Fsp3) is 0.400. The predicted molar refractivity (Wildman–Crippen MR) is 78.3 cm³/mol. The molecular formula is C15H16BrNO2. The van der Waals surface area contributed by atoms with Crippen molar-refractivity contribution < 1.29 is 9.90 Å². The van der Waals surface area contributed by atoms with E-state index >= 15 is 0 Å². The van der Waals surface area contributed by atoms with Crippen molar-refractivity contribution >= 4 is 32.8 Å². The maximum absolute atomic E-state index is 11.1. The number of hydrogen-bond donors (Lipinski definition) is 1. The van der Waals surface area contributed by atoms with Crippen LogP contribution < -0.4 is 0 Å². The first-order valence-electron chi connectivity index (χ1n) is 6.53. The van der Waals surface area contributed by atoms with Gasteiger partial charge in [-0.3, -0.25) is 4.79 Å². The van der Waals surface area contributed by atoms with Gasteiger partial charge in [-0.05, 0) is 52.2 Å². The summed E-state index contributed by atoms with van der Waals surface area (Å²) in [7, 11) is 2.01. The number of carboxylic acid groups (broad SMARTS) is 1. The molecule has 1 aliphatic rings. The standard InChI is InChI=1S/C15H16BrNO2/c1-17-8-12(16)15-10(3-2-4-13(15)17)11(7-14(18)19)9-5-6-9/h2-4,8-9,11H,5-7H2,1H3,(H,18,19). The molecule has 2 aromatic rings. The van der Waals surface area contributed by atoms with Crippen molar-refractivity contribution in [1.82, 2.24) is 4.57 Å². The zero-order chi connectivity index (χ0) is 13.6. The van der Waals surface area contributed by atoms with E-state index in [4.69, 9.17) is 5.11 Å². The van der Waals surface area contributed by atoms with Gasteiger partial charge in [0.25, 0.3) is 0 Å². The van der Waals surface area contributed by atoms with Gasteiger partial charge in [-0.1, -0.05) is 12.1 Å². The Morgan fingerprint density at radius 1 is 1.53 bits per heavy atom. The Labute approximate surface area is 120 Å². The van der Waals surface area contributed by atoms with Gasteiger partial charge in [0.2, 0.25) is 0 Å². The highest BCUT2D eigenvalue weighted by Crippen LogP contribution is 2.47. The Hall–Kier alpha value is -1.29. The molecule has 19 heavy (non-hydrogen) atoms. The summed E-state index contributed by atoms with van der Waals surface area (Å²) in [6, 6.07) is 6.19. The molecule has 0 spiro atoms. The molecule has 0 saturated heterocycles. The summed E-state index contributed by atoms with van der Waals surface area (Å²) in [4.78, 5) is 11.1. The van der Waals surface area contributed by atoms with Gasteiger partial charge in [0.05, 0.1) is 6.42 Å². The summed E-state index contributed by atoms with van der Waals surface area (Å²) in [5.41, 5.74) is 2.33. The van der Waals surface area contributed by atoms with Crippen LogP contribution in [0.25, 0.3) is 10.9 Å². The lowest BCUT2D eigenvalue weighted by Crippen LogP contribution is -2.08. The molecule has 1 N–H and O–H groups in total. The number of hydrogen-bond acceptors (Lipinski definition) is 1. The van der Waals surface area contributed by atoms with Crippen molar-refractivity contribution in [2.75, 3.05) is 0 Å². The smallest absolute Gasteiger partial charge is 0.303 e. The van der Waals surface area contributed by atoms with Crippen LogP contribution in [0.1, 0.15) is 30.7 Å². The van der Waals surface area contributed by atoms with Crippen LogP contribution in [-0.4, -0.2) is 15.6 Å². The summed E-state index contributed by atoms with van der Waals surface area (Å²) < 4.78 is 3.13. The largest absolute Gasteiger partial charge is 0.481 e. The molecule has 1 aromatic heterocycles. The lowest BCUT2D eigenvalue weighted by Gasteiger charge is -2.16. The summed E-state index contributed by atoms with van der Waals surface area (Å²) in [6.07, 6.45) is 4.57. The van der Waals surface area contributed by atoms with Crippen molar-refractivity contribution in [2.45, 2.75) is 25.2 Å². The summed E-state index contributed by atoms with van der Waals surface area (Å²) in [6.45, 7) is 0. The third-order valence-electron chi connectivity index (χ3n) is 3.99. The van der Waals surface area contributed by atoms with Crippen molar-refractivity contribution in [1.29, 1.82) is 0 Å². The van der Waals surface area contributed by atoms with Crippen molar-refractivity contribution in [3.63, 3.8) is 0 Å². The summed E-state index contributed by atoms with van der Waals surface area (Å²) in [5.74, 6) is -0.0327. The van der Waals surface area contributed by atoms with E-state index in [0.29, 0.717) is 5.92 Å². The van der Waals surface area contributed by atoms with Gasteiger partial charge in [-0.25, -0.2) is 0 Å². The lowest BCUT2D eigenvalue weighted by molar-refractivity contribution is -0.137. The minimum Gasteiger partial charge on any atom is -0.481 e. The van der Waals surface area contributed by atoms with Gasteiger partial charge < -0.3 is 9.67 Å². The van der Waals surface area contributed by atoms with Crippen LogP contribution in [0.3, 0.4) is 0 Å². The molecule has 3 rings (SSSR count). The Morgan fingerprint density at radius 3 is 2.89 bits per heavy atom. The molecule has 1 aliphatic carbocycles. The van der Waals surface area contributed by atoms with Gasteiger partial charge in [-0.2, -0.15) is 0 Å². The lowest BCUT2D eigenvalue weighted by atomic mass is 9.89. The molecule has 0 bridgehead atoms. The molecule has 4 heteroatoms. The van der Waals surface area contributed by atoms with Crippen LogP contribution >= 0.6 is 15.9 Å². The molecular weight excluding hydrogens is 306 g/mol. The normalized spacial score (nSPS) is 16.7. The molecule has 1 saturated carbocycles. The number of aryl methyl sites for hydroxylation is 1. The van der Waals surface area contributed by atoms with E-state index in [1.165, 1.54) is 10.9 Å². The first-order chi connectivity index (χ1) is 9.08. The second kappa shape index (κ2) is 4.67. The number of aromatic nitrogens is 1. The second-order valence-electron chi connectivity index (χ2n) is 5.37. The number of carbonyl (C=O) groups is 1. The number of aliphatic carboxylic acids is 1. The molecule has 1 heterocycles. The van der Waals surface area contributed by atoms with Gasteiger partial charge in [-0.15, -0.1) is 0 Å². The van der Waals surface area contributed by atoms with E-state index in [2.05, 4.69) is 32.6 Å². The molecule has 0 amide bonds. The first kappa shape index (κ1) is 12.7. The fourth-order valence-corrected chi connectivity index (χ4v) is 3.68. The zero-order valence-corrected chi connectivity index (χ0v) is 12.4. The molecule has 3 nitrogen and oxygen atoms in total. The molecule has 1 aromatic carbocycles. The topological polar surface area (TPSA) is 42.2 Å². The van der Waals surface area contributed by atoms with E-state index in [0.717, 1.165) is 22.8 Å². The average Bonchev–Trinajstić information content (AvgIpc) is 3.14. The van der Waals surface area contributed by atoms with Gasteiger partial charge in [0, 0.05) is 28.6 Å². The van der Waals surface area contributed by atoms with Crippen LogP contribution in [0.15, 0.2) is 28.9 Å². The van der Waals surface area contributed by atoms with E-state index in [1.54, 1.807) is 0 Å². The highest BCUT2D eigenvalue weighted by atomic mass is 79.9. The molecule has 1 unspecified atom stereocenters. The molecule has 1 atom stereocenters. The zero-order valence-electron chi connectivity index (χ0n) is 10.8. The van der Waals surface area contributed by atoms with Crippen molar-refractivity contribution in [2.24, 2.45) is 13.0 Å². The molecule has 0 radical (unpaired) electrons. The van der Waals surface area contributed by atoms with Gasteiger partial charge in [0.15, 0.2) is 0 Å². The van der Waals surface area contributed by atoms with Gasteiger partial charge in [0.1, 0.15) is 0 Å². The van der Waals surface area contributed by atoms with E-state index < -0.39 is 5.97 Å². The SMILES string of the molecule is Cn1cc(Br)c2c(C(CC(=O)O)C3CC3)cccc21. The third kappa shape index (κ3) is 2.29. The van der Waals surface area contributed by atoms with Crippen LogP contribution in [0.4, 0.5) is 0 Å². The van der Waals surface area contributed by atoms with Crippen LogP contribution in [-0.2, 0) is 11.8 Å². The Morgan fingerprint density at radius 2 is 2.26 bits per heavy atom. The highest BCUT2D eigenvalue weighted by Gasteiger charge is 2.35. The van der Waals surface area contributed by atoms with Crippen molar-refractivity contribution in [3.05, 3.63) is 34.4 Å². The monoisotopic (exact) mass is 321 g/mol. The molecule has 1 fully saturated rings. The quantitative estimate of drug-likeness (QED) is 0.927. The maximum atomic E-state index is 11.1. The molecule has 100 valence electrons. The third-order valence-corrected chi connectivity index (χ3v) is 4.59. The van der Waals surface area contributed by atoms with Crippen LogP contribution in [0.2, 0.25) is 0 Å². The summed E-state index contributed by atoms with van der Waals surface area (Å²) in [5, 5.41) is 10.3. The number of rotatable bonds is 4. The van der Waals surface area contributed by atoms with Crippen molar-refractivity contribution in [3.8, 4) is 0 Å². The number of halogens is 1. The minimum atomic E-state index is -0.707. The number of nitrogens with zero attached hydrogens (tertiary/aromatic N) is 1. The maximum Gasteiger partial charge on any atom is 0.303 e. The Balaban J connectivity index is 2.14. The predicted octanol–water partition coefficient (Wildman–Crippen LogP) is 3.91. The minimum absolute atomic E-state index is 0.139. The average molecular weight is 322 g/mol. The Bertz CT molecular complexity index is 643. The fourth-order valence-electron chi connectivity index (χ4n) is 2.94. The van der Waals surface area contributed by atoms with E-state index in [-0.39, 0.29) is 12.3 Å². The Kier molecular flexibility index (Phi) is 3.13. The summed E-state index contributed by atoms with van der Waals surface area (Å²) >= 11 is 3.60. The van der Waals surface area contributed by atoms with E-state index in [9.17, 15) is 4.79 Å². The number of carboxylic acids is 1. The number of fused-ring (bicyclic) bond motifs is 1. The highest BCUT2D eigenvalue weighted by molar-refractivity contribution is 9.10. The second-order valence-corrected chi connectivity index (χ2v) is 6.23. The molecule has 0 aliphatic heterocycles.